The molecule has 0 aliphatic carbocycles. The summed E-state index contributed by atoms with van der Waals surface area (Å²) < 4.78 is 6.56. The van der Waals surface area contributed by atoms with Gasteiger partial charge in [-0.3, -0.25) is 4.99 Å². The highest BCUT2D eigenvalue weighted by Crippen LogP contribution is 2.27. The summed E-state index contributed by atoms with van der Waals surface area (Å²) in [7, 11) is 0. The van der Waals surface area contributed by atoms with E-state index in [-0.39, 0.29) is 0 Å². The number of aliphatic imine (C=N–C) groups is 1. The Morgan fingerprint density at radius 3 is 2.76 bits per heavy atom. The molecule has 0 aromatic heterocycles. The van der Waals surface area contributed by atoms with Crippen molar-refractivity contribution < 1.29 is 4.74 Å². The maximum atomic E-state index is 6.00. The lowest BCUT2D eigenvalue weighted by Crippen LogP contribution is -1.96. The van der Waals surface area contributed by atoms with E-state index < -0.39 is 0 Å². The summed E-state index contributed by atoms with van der Waals surface area (Å²) in [5.41, 5.74) is 2.98. The van der Waals surface area contributed by atoms with Crippen LogP contribution >= 0.6 is 27.5 Å². The molecule has 0 heterocycles. The second kappa shape index (κ2) is 7.62. The van der Waals surface area contributed by atoms with Gasteiger partial charge in [0, 0.05) is 11.2 Å². The van der Waals surface area contributed by atoms with Crippen molar-refractivity contribution >= 4 is 39.4 Å². The highest BCUT2D eigenvalue weighted by atomic mass is 79.9. The predicted octanol–water partition coefficient (Wildman–Crippen LogP) is 5.95. The molecule has 0 N–H and O–H groups in total. The normalized spacial score (nSPS) is 11.0. The van der Waals surface area contributed by atoms with Gasteiger partial charge in [0.1, 0.15) is 5.75 Å². The number of nitrogens with zero attached hydrogens (tertiary/aromatic N) is 1. The quantitative estimate of drug-likeness (QED) is 0.599. The molecule has 21 heavy (non-hydrogen) atoms. The Labute approximate surface area is 138 Å². The standard InChI is InChI=1S/C17H17BrClNO/c1-3-8-21-17-7-5-13(9-15(17)18)11-20-16-10-14(19)6-4-12(16)2/h4-7,9-11H,3,8H2,1-2H3. The fourth-order valence-electron chi connectivity index (χ4n) is 1.79. The van der Waals surface area contributed by atoms with Crippen LogP contribution in [0.25, 0.3) is 0 Å². The zero-order valence-electron chi connectivity index (χ0n) is 12.1. The van der Waals surface area contributed by atoms with Gasteiger partial charge in [-0.1, -0.05) is 24.6 Å². The first-order valence-corrected chi connectivity index (χ1v) is 8.00. The molecule has 2 rings (SSSR count). The van der Waals surface area contributed by atoms with E-state index in [1.807, 2.05) is 49.5 Å². The molecule has 0 amide bonds. The van der Waals surface area contributed by atoms with Gasteiger partial charge in [-0.25, -0.2) is 0 Å². The minimum absolute atomic E-state index is 0.692. The number of benzene rings is 2. The van der Waals surface area contributed by atoms with Crippen molar-refractivity contribution in [2.24, 2.45) is 4.99 Å². The minimum atomic E-state index is 0.692. The van der Waals surface area contributed by atoms with Crippen LogP contribution in [0, 0.1) is 6.92 Å². The van der Waals surface area contributed by atoms with E-state index in [4.69, 9.17) is 16.3 Å². The van der Waals surface area contributed by atoms with Gasteiger partial charge >= 0.3 is 0 Å². The number of ether oxygens (including phenoxy) is 1. The molecule has 110 valence electrons. The monoisotopic (exact) mass is 365 g/mol. The van der Waals surface area contributed by atoms with Crippen LogP contribution in [0.2, 0.25) is 5.02 Å². The van der Waals surface area contributed by atoms with Gasteiger partial charge < -0.3 is 4.74 Å². The lowest BCUT2D eigenvalue weighted by Gasteiger charge is -2.07. The summed E-state index contributed by atoms with van der Waals surface area (Å²) >= 11 is 9.52. The number of rotatable bonds is 5. The van der Waals surface area contributed by atoms with Crippen LogP contribution in [0.4, 0.5) is 5.69 Å². The van der Waals surface area contributed by atoms with Gasteiger partial charge in [-0.2, -0.15) is 0 Å². The Morgan fingerprint density at radius 1 is 1.24 bits per heavy atom. The molecule has 0 aliphatic heterocycles. The largest absolute Gasteiger partial charge is 0.492 e. The molecule has 2 nitrogen and oxygen atoms in total. The second-order valence-corrected chi connectivity index (χ2v) is 6.02. The first-order chi connectivity index (χ1) is 10.1. The van der Waals surface area contributed by atoms with Crippen molar-refractivity contribution in [3.05, 3.63) is 57.0 Å². The van der Waals surface area contributed by atoms with Crippen LogP contribution in [0.5, 0.6) is 5.75 Å². The summed E-state index contributed by atoms with van der Waals surface area (Å²) in [5, 5.41) is 0.692. The Balaban J connectivity index is 2.17. The summed E-state index contributed by atoms with van der Waals surface area (Å²) in [6.45, 7) is 4.82. The third kappa shape index (κ3) is 4.58. The van der Waals surface area contributed by atoms with Gasteiger partial charge in [-0.05, 0) is 70.7 Å². The number of hydrogen-bond acceptors (Lipinski definition) is 2. The lowest BCUT2D eigenvalue weighted by atomic mass is 10.2. The molecule has 0 fully saturated rings. The fourth-order valence-corrected chi connectivity index (χ4v) is 2.47. The molecule has 0 radical (unpaired) electrons. The van der Waals surface area contributed by atoms with Crippen LogP contribution in [-0.4, -0.2) is 12.8 Å². The van der Waals surface area contributed by atoms with Gasteiger partial charge in [0.25, 0.3) is 0 Å². The SMILES string of the molecule is CCCOc1ccc(C=Nc2cc(Cl)ccc2C)cc1Br. The van der Waals surface area contributed by atoms with E-state index >= 15 is 0 Å². The van der Waals surface area contributed by atoms with Crippen LogP contribution in [0.3, 0.4) is 0 Å². The molecule has 2 aromatic rings. The van der Waals surface area contributed by atoms with Crippen molar-refractivity contribution in [3.8, 4) is 5.75 Å². The summed E-state index contributed by atoms with van der Waals surface area (Å²) in [4.78, 5) is 4.50. The fraction of sp³-hybridized carbons (Fsp3) is 0.235. The molecule has 0 aliphatic rings. The third-order valence-corrected chi connectivity index (χ3v) is 3.80. The Morgan fingerprint density at radius 2 is 2.05 bits per heavy atom. The smallest absolute Gasteiger partial charge is 0.133 e. The second-order valence-electron chi connectivity index (χ2n) is 4.73. The van der Waals surface area contributed by atoms with E-state index in [0.717, 1.165) is 33.5 Å². The topological polar surface area (TPSA) is 21.6 Å². The van der Waals surface area contributed by atoms with Gasteiger partial charge in [-0.15, -0.1) is 0 Å². The first-order valence-electron chi connectivity index (χ1n) is 6.82. The third-order valence-electron chi connectivity index (χ3n) is 2.94. The predicted molar refractivity (Wildman–Crippen MR) is 93.4 cm³/mol. The molecule has 0 saturated carbocycles. The Kier molecular flexibility index (Phi) is 5.83. The van der Waals surface area contributed by atoms with Crippen molar-refractivity contribution in [2.45, 2.75) is 20.3 Å². The van der Waals surface area contributed by atoms with Gasteiger partial charge in [0.15, 0.2) is 0 Å². The van der Waals surface area contributed by atoms with E-state index in [0.29, 0.717) is 11.6 Å². The van der Waals surface area contributed by atoms with E-state index in [9.17, 15) is 0 Å². The Hall–Kier alpha value is -1.32. The molecule has 0 atom stereocenters. The van der Waals surface area contributed by atoms with Crippen LogP contribution in [0.15, 0.2) is 45.9 Å². The minimum Gasteiger partial charge on any atom is -0.492 e. The molecule has 0 saturated heterocycles. The van der Waals surface area contributed by atoms with Crippen molar-refractivity contribution in [1.29, 1.82) is 0 Å². The number of hydrogen-bond donors (Lipinski definition) is 0. The van der Waals surface area contributed by atoms with E-state index in [1.165, 1.54) is 0 Å². The molecule has 4 heteroatoms. The van der Waals surface area contributed by atoms with Crippen molar-refractivity contribution in [2.75, 3.05) is 6.61 Å². The van der Waals surface area contributed by atoms with E-state index in [1.54, 1.807) is 0 Å². The Bertz CT molecular complexity index is 655. The van der Waals surface area contributed by atoms with Crippen LogP contribution < -0.4 is 4.74 Å². The molecule has 0 bridgehead atoms. The van der Waals surface area contributed by atoms with Crippen molar-refractivity contribution in [3.63, 3.8) is 0 Å². The van der Waals surface area contributed by atoms with Crippen LogP contribution in [-0.2, 0) is 0 Å². The average Bonchev–Trinajstić information content (AvgIpc) is 2.47. The molecular formula is C17H17BrClNO. The highest BCUT2D eigenvalue weighted by molar-refractivity contribution is 9.10. The summed E-state index contributed by atoms with van der Waals surface area (Å²) in [6.07, 6.45) is 2.82. The average molecular weight is 367 g/mol. The lowest BCUT2D eigenvalue weighted by molar-refractivity contribution is 0.315. The summed E-state index contributed by atoms with van der Waals surface area (Å²) in [5.74, 6) is 0.855. The highest BCUT2D eigenvalue weighted by Gasteiger charge is 2.02. The first kappa shape index (κ1) is 16.1. The van der Waals surface area contributed by atoms with E-state index in [2.05, 4.69) is 27.8 Å². The van der Waals surface area contributed by atoms with Crippen molar-refractivity contribution in [1.82, 2.24) is 0 Å². The van der Waals surface area contributed by atoms with Gasteiger partial charge in [0.05, 0.1) is 16.8 Å². The maximum Gasteiger partial charge on any atom is 0.133 e. The van der Waals surface area contributed by atoms with Gasteiger partial charge in [0.2, 0.25) is 0 Å². The zero-order chi connectivity index (χ0) is 15.2. The number of halogens is 2. The molecule has 2 aromatic carbocycles. The number of aryl methyl sites for hydroxylation is 1. The summed E-state index contributed by atoms with van der Waals surface area (Å²) in [6, 6.07) is 11.6. The molecule has 0 spiro atoms. The zero-order valence-corrected chi connectivity index (χ0v) is 14.4. The molecule has 0 unspecified atom stereocenters. The maximum absolute atomic E-state index is 6.00. The van der Waals surface area contributed by atoms with Crippen LogP contribution in [0.1, 0.15) is 24.5 Å². The molecular weight excluding hydrogens is 350 g/mol.